The van der Waals surface area contributed by atoms with Crippen LogP contribution in [-0.2, 0) is 16.2 Å². The quantitative estimate of drug-likeness (QED) is 0.779. The molecule has 12 heteroatoms. The molecule has 1 aromatic carbocycles. The second-order valence-corrected chi connectivity index (χ2v) is 9.57. The van der Waals surface area contributed by atoms with E-state index in [2.05, 4.69) is 5.32 Å². The van der Waals surface area contributed by atoms with Crippen LogP contribution < -0.4 is 10.9 Å². The van der Waals surface area contributed by atoms with Gasteiger partial charge in [0.15, 0.2) is 5.56 Å². The van der Waals surface area contributed by atoms with Gasteiger partial charge in [-0.25, -0.2) is 12.7 Å². The number of nitrogens with one attached hydrogen (secondary N) is 1. The van der Waals surface area contributed by atoms with E-state index in [4.69, 9.17) is 0 Å². The van der Waals surface area contributed by atoms with Crippen molar-refractivity contribution in [3.8, 4) is 6.07 Å². The van der Waals surface area contributed by atoms with Crippen LogP contribution in [0.15, 0.2) is 29.1 Å². The number of hydrogen-bond donors (Lipinski definition) is 1. The van der Waals surface area contributed by atoms with Gasteiger partial charge >= 0.3 is 6.18 Å². The number of anilines is 2. The Morgan fingerprint density at radius 2 is 1.86 bits per heavy atom. The molecule has 0 radical (unpaired) electrons. The normalized spacial score (nSPS) is 16.5. The van der Waals surface area contributed by atoms with Crippen LogP contribution in [0.2, 0.25) is 0 Å². The van der Waals surface area contributed by atoms with E-state index in [9.17, 15) is 31.6 Å². The number of piperidine rings is 1. The molecule has 1 N–H and O–H groups in total. The maximum absolute atomic E-state index is 13.2. The van der Waals surface area contributed by atoms with Crippen LogP contribution in [0.5, 0.6) is 0 Å². The van der Waals surface area contributed by atoms with E-state index in [1.807, 2.05) is 0 Å². The van der Waals surface area contributed by atoms with Gasteiger partial charge in [-0.1, -0.05) is 12.1 Å². The Morgan fingerprint density at radius 1 is 1.24 bits per heavy atom. The Bertz CT molecular complexity index is 1110. The van der Waals surface area contributed by atoms with Crippen molar-refractivity contribution in [1.29, 1.82) is 5.26 Å². The minimum absolute atomic E-state index is 0.0275. The number of alkyl halides is 3. The Balaban J connectivity index is 1.91. The van der Waals surface area contributed by atoms with E-state index in [1.54, 1.807) is 6.07 Å². The van der Waals surface area contributed by atoms with Crippen LogP contribution in [0.1, 0.15) is 30.0 Å². The van der Waals surface area contributed by atoms with Gasteiger partial charge in [0.25, 0.3) is 5.56 Å². The number of halogens is 3. The van der Waals surface area contributed by atoms with Gasteiger partial charge in [-0.15, -0.1) is 0 Å². The molecular formula is C17H17F3N4O3S2. The first-order chi connectivity index (χ1) is 13.5. The fourth-order valence-electron chi connectivity index (χ4n) is 3.19. The summed E-state index contributed by atoms with van der Waals surface area (Å²) in [5, 5.41) is 12.0. The maximum Gasteiger partial charge on any atom is 0.418 e. The van der Waals surface area contributed by atoms with Gasteiger partial charge in [-0.05, 0) is 36.5 Å². The predicted octanol–water partition coefficient (Wildman–Crippen LogP) is 3.14. The van der Waals surface area contributed by atoms with Crippen LogP contribution in [0.4, 0.5) is 23.9 Å². The lowest BCUT2D eigenvalue weighted by Gasteiger charge is -2.30. The lowest BCUT2D eigenvalue weighted by atomic mass is 10.1. The molecule has 156 valence electrons. The fraction of sp³-hybridized carbons (Fsp3) is 0.412. The molecule has 1 aliphatic rings. The third-order valence-corrected chi connectivity index (χ3v) is 7.10. The van der Waals surface area contributed by atoms with Gasteiger partial charge in [-0.2, -0.15) is 18.4 Å². The molecule has 3 rings (SSSR count). The standard InChI is InChI=1S/C17H17F3N4O3S2/c1-29(26,27)23-8-6-11(7-9-23)24-16(25)12(10-21)15(28-24)22-14-5-3-2-4-13(14)17(18,19)20/h2-5,11,22H,6-9H2,1H3. The van der Waals surface area contributed by atoms with Gasteiger partial charge in [0.1, 0.15) is 11.1 Å². The van der Waals surface area contributed by atoms with Crippen molar-refractivity contribution in [3.05, 3.63) is 45.7 Å². The van der Waals surface area contributed by atoms with Crippen molar-refractivity contribution < 1.29 is 21.6 Å². The lowest BCUT2D eigenvalue weighted by Crippen LogP contribution is -2.39. The molecule has 0 amide bonds. The molecule has 7 nitrogen and oxygen atoms in total. The maximum atomic E-state index is 13.2. The highest BCUT2D eigenvalue weighted by Gasteiger charge is 2.34. The van der Waals surface area contributed by atoms with Gasteiger partial charge < -0.3 is 5.32 Å². The van der Waals surface area contributed by atoms with Crippen LogP contribution in [0.25, 0.3) is 0 Å². The highest BCUT2D eigenvalue weighted by Crippen LogP contribution is 2.37. The highest BCUT2D eigenvalue weighted by molar-refractivity contribution is 7.88. The second kappa shape index (κ2) is 7.81. The Hall–Kier alpha value is -2.36. The minimum atomic E-state index is -4.59. The van der Waals surface area contributed by atoms with E-state index in [1.165, 1.54) is 26.5 Å². The summed E-state index contributed by atoms with van der Waals surface area (Å²) in [4.78, 5) is 12.6. The number of hydrogen-bond acceptors (Lipinski definition) is 6. The van der Waals surface area contributed by atoms with E-state index in [-0.39, 0.29) is 35.4 Å². The molecular weight excluding hydrogens is 429 g/mol. The molecule has 2 heterocycles. The van der Waals surface area contributed by atoms with Gasteiger partial charge in [-0.3, -0.25) is 8.75 Å². The summed E-state index contributed by atoms with van der Waals surface area (Å²) in [5.41, 5.74) is -2.02. The van der Waals surface area contributed by atoms with Crippen molar-refractivity contribution in [2.24, 2.45) is 0 Å². The summed E-state index contributed by atoms with van der Waals surface area (Å²) in [7, 11) is -3.33. The molecule has 0 atom stereocenters. The first-order valence-corrected chi connectivity index (χ1v) is 11.2. The van der Waals surface area contributed by atoms with E-state index in [0.29, 0.717) is 12.8 Å². The molecule has 1 fully saturated rings. The Labute approximate surface area is 169 Å². The molecule has 1 aliphatic heterocycles. The SMILES string of the molecule is CS(=O)(=O)N1CCC(n2sc(Nc3ccccc3C(F)(F)F)c(C#N)c2=O)CC1. The van der Waals surface area contributed by atoms with Gasteiger partial charge in [0.2, 0.25) is 10.0 Å². The van der Waals surface area contributed by atoms with Crippen LogP contribution in [0.3, 0.4) is 0 Å². The van der Waals surface area contributed by atoms with Crippen molar-refractivity contribution in [1.82, 2.24) is 8.26 Å². The molecule has 29 heavy (non-hydrogen) atoms. The Morgan fingerprint density at radius 3 is 2.41 bits per heavy atom. The molecule has 0 spiro atoms. The van der Waals surface area contributed by atoms with E-state index >= 15 is 0 Å². The van der Waals surface area contributed by atoms with Gasteiger partial charge in [0, 0.05) is 13.1 Å². The zero-order valence-electron chi connectivity index (χ0n) is 15.2. The highest BCUT2D eigenvalue weighted by atomic mass is 32.2. The summed E-state index contributed by atoms with van der Waals surface area (Å²) in [6.07, 6.45) is -2.74. The van der Waals surface area contributed by atoms with Crippen LogP contribution in [-0.4, -0.2) is 36.0 Å². The number of sulfonamides is 1. The van der Waals surface area contributed by atoms with E-state index < -0.39 is 27.3 Å². The third kappa shape index (κ3) is 4.47. The second-order valence-electron chi connectivity index (χ2n) is 6.60. The lowest BCUT2D eigenvalue weighted by molar-refractivity contribution is -0.136. The minimum Gasteiger partial charge on any atom is -0.344 e. The number of nitrogens with zero attached hydrogens (tertiary/aromatic N) is 3. The summed E-state index contributed by atoms with van der Waals surface area (Å²) in [5.74, 6) is 0. The Kier molecular flexibility index (Phi) is 5.75. The summed E-state index contributed by atoms with van der Waals surface area (Å²) in [6.45, 7) is 0.463. The summed E-state index contributed by atoms with van der Waals surface area (Å²) < 4.78 is 65.6. The van der Waals surface area contributed by atoms with Crippen molar-refractivity contribution >= 4 is 32.2 Å². The molecule has 1 aromatic heterocycles. The molecule has 0 aliphatic carbocycles. The average Bonchev–Trinajstić information content (AvgIpc) is 2.96. The molecule has 1 saturated heterocycles. The number of benzene rings is 1. The third-order valence-electron chi connectivity index (χ3n) is 4.65. The monoisotopic (exact) mass is 446 g/mol. The topological polar surface area (TPSA) is 95.2 Å². The van der Waals surface area contributed by atoms with Crippen molar-refractivity contribution in [2.45, 2.75) is 25.1 Å². The number of aromatic nitrogens is 1. The van der Waals surface area contributed by atoms with Crippen LogP contribution in [0, 0.1) is 11.3 Å². The number of para-hydroxylation sites is 1. The number of nitriles is 1. The molecule has 0 unspecified atom stereocenters. The predicted molar refractivity (Wildman–Crippen MR) is 103 cm³/mol. The van der Waals surface area contributed by atoms with Crippen molar-refractivity contribution in [3.63, 3.8) is 0 Å². The van der Waals surface area contributed by atoms with Crippen molar-refractivity contribution in [2.75, 3.05) is 24.7 Å². The van der Waals surface area contributed by atoms with Crippen LogP contribution >= 0.6 is 11.5 Å². The van der Waals surface area contributed by atoms with Gasteiger partial charge in [0.05, 0.1) is 23.5 Å². The summed E-state index contributed by atoms with van der Waals surface area (Å²) in [6, 6.07) is 6.24. The van der Waals surface area contributed by atoms with E-state index in [0.717, 1.165) is 23.9 Å². The summed E-state index contributed by atoms with van der Waals surface area (Å²) >= 11 is 0.875. The zero-order chi connectivity index (χ0) is 21.4. The smallest absolute Gasteiger partial charge is 0.344 e. The average molecular weight is 446 g/mol. The largest absolute Gasteiger partial charge is 0.418 e. The molecule has 0 saturated carbocycles. The number of rotatable bonds is 4. The molecule has 0 bridgehead atoms. The first kappa shape index (κ1) is 21.4. The zero-order valence-corrected chi connectivity index (χ0v) is 16.9. The molecule has 2 aromatic rings. The fourth-order valence-corrected chi connectivity index (χ4v) is 5.17. The first-order valence-electron chi connectivity index (χ1n) is 8.56.